The lowest BCUT2D eigenvalue weighted by molar-refractivity contribution is 0.0989. The molecule has 0 aliphatic carbocycles. The number of aliphatic hydroxyl groups is 1. The molecule has 2 aromatic heterocycles. The topological polar surface area (TPSA) is 63.8 Å². The van der Waals surface area contributed by atoms with Crippen LogP contribution in [0.2, 0.25) is 0 Å². The first-order valence-electron chi connectivity index (χ1n) is 5.93. The average Bonchev–Trinajstić information content (AvgIpc) is 2.78. The lowest BCUT2D eigenvalue weighted by Crippen LogP contribution is -2.13. The summed E-state index contributed by atoms with van der Waals surface area (Å²) in [4.78, 5) is 11.7. The van der Waals surface area contributed by atoms with Gasteiger partial charge in [-0.25, -0.2) is 4.52 Å². The molecule has 5 heteroatoms. The van der Waals surface area contributed by atoms with Crippen molar-refractivity contribution >= 4 is 11.3 Å². The molecule has 96 valence electrons. The van der Waals surface area contributed by atoms with Gasteiger partial charge in [-0.15, -0.1) is 0 Å². The number of carbonyl (C=O) groups excluding carboxylic acids is 1. The van der Waals surface area contributed by atoms with E-state index in [2.05, 4.69) is 5.10 Å². The summed E-state index contributed by atoms with van der Waals surface area (Å²) in [7, 11) is 0. The SMILES string of the molecule is CCC(=O)c1cnn2cc(OCC(C)O)ccc12. The Morgan fingerprint density at radius 2 is 2.33 bits per heavy atom. The van der Waals surface area contributed by atoms with E-state index < -0.39 is 6.10 Å². The number of fused-ring (bicyclic) bond motifs is 1. The number of carbonyl (C=O) groups is 1. The smallest absolute Gasteiger partial charge is 0.166 e. The second-order valence-corrected chi connectivity index (χ2v) is 4.19. The average molecular weight is 248 g/mol. The van der Waals surface area contributed by atoms with E-state index in [1.807, 2.05) is 6.92 Å². The first-order valence-corrected chi connectivity index (χ1v) is 5.93. The highest BCUT2D eigenvalue weighted by molar-refractivity contribution is 6.01. The van der Waals surface area contributed by atoms with Crippen molar-refractivity contribution in [3.05, 3.63) is 30.1 Å². The van der Waals surface area contributed by atoms with E-state index in [0.29, 0.717) is 17.7 Å². The van der Waals surface area contributed by atoms with E-state index in [-0.39, 0.29) is 12.4 Å². The zero-order valence-corrected chi connectivity index (χ0v) is 10.5. The number of hydrogen-bond donors (Lipinski definition) is 1. The van der Waals surface area contributed by atoms with E-state index in [1.165, 1.54) is 0 Å². The van der Waals surface area contributed by atoms with Crippen LogP contribution in [0.15, 0.2) is 24.5 Å². The van der Waals surface area contributed by atoms with E-state index >= 15 is 0 Å². The normalized spacial score (nSPS) is 12.6. The maximum absolute atomic E-state index is 11.7. The Kier molecular flexibility index (Phi) is 3.62. The maximum Gasteiger partial charge on any atom is 0.166 e. The van der Waals surface area contributed by atoms with E-state index in [1.54, 1.807) is 36.0 Å². The predicted molar refractivity (Wildman–Crippen MR) is 67.0 cm³/mol. The number of hydrogen-bond acceptors (Lipinski definition) is 4. The first-order chi connectivity index (χ1) is 8.61. The number of aliphatic hydroxyl groups excluding tert-OH is 1. The summed E-state index contributed by atoms with van der Waals surface area (Å²) in [5.41, 5.74) is 1.39. The second kappa shape index (κ2) is 5.18. The van der Waals surface area contributed by atoms with Crippen LogP contribution in [0.1, 0.15) is 30.6 Å². The van der Waals surface area contributed by atoms with E-state index in [0.717, 1.165) is 5.52 Å². The van der Waals surface area contributed by atoms with Gasteiger partial charge in [0.05, 0.1) is 29.6 Å². The minimum Gasteiger partial charge on any atom is -0.489 e. The molecule has 1 atom stereocenters. The molecule has 1 N–H and O–H groups in total. The Labute approximate surface area is 105 Å². The van der Waals surface area contributed by atoms with E-state index in [9.17, 15) is 4.79 Å². The van der Waals surface area contributed by atoms with Crippen molar-refractivity contribution in [2.24, 2.45) is 0 Å². The van der Waals surface area contributed by atoms with Crippen LogP contribution in [0.25, 0.3) is 5.52 Å². The minimum absolute atomic E-state index is 0.0719. The molecule has 0 saturated heterocycles. The highest BCUT2D eigenvalue weighted by Crippen LogP contribution is 2.17. The second-order valence-electron chi connectivity index (χ2n) is 4.19. The van der Waals surface area contributed by atoms with Crippen molar-refractivity contribution in [3.63, 3.8) is 0 Å². The van der Waals surface area contributed by atoms with Crippen LogP contribution >= 0.6 is 0 Å². The Balaban J connectivity index is 2.28. The molecule has 2 aromatic rings. The summed E-state index contributed by atoms with van der Waals surface area (Å²) in [6.45, 7) is 3.71. The van der Waals surface area contributed by atoms with E-state index in [4.69, 9.17) is 9.84 Å². The molecule has 0 bridgehead atoms. The van der Waals surface area contributed by atoms with Gasteiger partial charge in [-0.2, -0.15) is 5.10 Å². The Bertz CT molecular complexity index is 560. The van der Waals surface area contributed by atoms with Crippen LogP contribution < -0.4 is 4.74 Å². The van der Waals surface area contributed by atoms with Crippen molar-refractivity contribution < 1.29 is 14.6 Å². The van der Waals surface area contributed by atoms with Gasteiger partial charge in [0.2, 0.25) is 0 Å². The number of rotatable bonds is 5. The van der Waals surface area contributed by atoms with Crippen LogP contribution in [0, 0.1) is 0 Å². The van der Waals surface area contributed by atoms with Crippen LogP contribution in [-0.4, -0.2) is 33.2 Å². The number of nitrogens with zero attached hydrogens (tertiary/aromatic N) is 2. The Hall–Kier alpha value is -1.88. The molecule has 0 aliphatic heterocycles. The third-order valence-electron chi connectivity index (χ3n) is 2.60. The Morgan fingerprint density at radius 1 is 1.56 bits per heavy atom. The molecule has 2 rings (SSSR count). The quantitative estimate of drug-likeness (QED) is 0.818. The highest BCUT2D eigenvalue weighted by Gasteiger charge is 2.11. The van der Waals surface area contributed by atoms with Crippen molar-refractivity contribution in [1.82, 2.24) is 9.61 Å². The van der Waals surface area contributed by atoms with Crippen molar-refractivity contribution in [2.75, 3.05) is 6.61 Å². The predicted octanol–water partition coefficient (Wildman–Crippen LogP) is 1.69. The molecule has 0 saturated carbocycles. The fraction of sp³-hybridized carbons (Fsp3) is 0.385. The molecule has 0 aliphatic rings. The van der Waals surface area contributed by atoms with Crippen molar-refractivity contribution in [1.29, 1.82) is 0 Å². The summed E-state index contributed by atoms with van der Waals surface area (Å²) < 4.78 is 6.99. The van der Waals surface area contributed by atoms with Gasteiger partial charge >= 0.3 is 0 Å². The number of pyridine rings is 1. The monoisotopic (exact) mass is 248 g/mol. The molecule has 0 fully saturated rings. The Morgan fingerprint density at radius 3 is 3.00 bits per heavy atom. The summed E-state index contributed by atoms with van der Waals surface area (Å²) in [5.74, 6) is 0.685. The fourth-order valence-electron chi connectivity index (χ4n) is 1.67. The van der Waals surface area contributed by atoms with Crippen LogP contribution in [0.5, 0.6) is 5.75 Å². The maximum atomic E-state index is 11.7. The minimum atomic E-state index is -0.518. The van der Waals surface area contributed by atoms with Gasteiger partial charge in [0.1, 0.15) is 12.4 Å². The molecule has 0 spiro atoms. The van der Waals surface area contributed by atoms with Crippen molar-refractivity contribution in [2.45, 2.75) is 26.4 Å². The molecule has 0 radical (unpaired) electrons. The highest BCUT2D eigenvalue weighted by atomic mass is 16.5. The summed E-state index contributed by atoms with van der Waals surface area (Å²) in [6.07, 6.45) is 3.21. The molecular formula is C13H16N2O3. The van der Waals surface area contributed by atoms with Crippen LogP contribution in [0.3, 0.4) is 0 Å². The molecular weight excluding hydrogens is 232 g/mol. The summed E-state index contributed by atoms with van der Waals surface area (Å²) >= 11 is 0. The van der Waals surface area contributed by atoms with Gasteiger partial charge in [0.15, 0.2) is 5.78 Å². The lowest BCUT2D eigenvalue weighted by Gasteiger charge is -2.08. The van der Waals surface area contributed by atoms with Gasteiger partial charge in [-0.3, -0.25) is 4.79 Å². The zero-order valence-electron chi connectivity index (χ0n) is 10.5. The van der Waals surface area contributed by atoms with Crippen LogP contribution in [0.4, 0.5) is 0 Å². The molecule has 0 amide bonds. The summed E-state index contributed by atoms with van der Waals surface area (Å²) in [6, 6.07) is 3.57. The third-order valence-corrected chi connectivity index (χ3v) is 2.60. The van der Waals surface area contributed by atoms with Gasteiger partial charge in [-0.05, 0) is 19.1 Å². The first kappa shape index (κ1) is 12.6. The third kappa shape index (κ3) is 2.51. The molecule has 18 heavy (non-hydrogen) atoms. The van der Waals surface area contributed by atoms with Crippen LogP contribution in [-0.2, 0) is 0 Å². The molecule has 5 nitrogen and oxygen atoms in total. The zero-order chi connectivity index (χ0) is 13.1. The van der Waals surface area contributed by atoms with Gasteiger partial charge in [-0.1, -0.05) is 6.92 Å². The van der Waals surface area contributed by atoms with Crippen molar-refractivity contribution in [3.8, 4) is 5.75 Å². The molecule has 0 aromatic carbocycles. The number of Topliss-reactive ketones (excluding diaryl/α,β-unsaturated/α-hetero) is 1. The standard InChI is InChI=1S/C13H16N2O3/c1-3-13(17)11-6-14-15-7-10(4-5-12(11)15)18-8-9(2)16/h4-7,9,16H,3,8H2,1-2H3. The largest absolute Gasteiger partial charge is 0.489 e. The summed E-state index contributed by atoms with van der Waals surface area (Å²) in [5, 5.41) is 13.3. The number of aromatic nitrogens is 2. The number of ketones is 1. The molecule has 1 unspecified atom stereocenters. The lowest BCUT2D eigenvalue weighted by atomic mass is 10.1. The van der Waals surface area contributed by atoms with Gasteiger partial charge in [0, 0.05) is 6.42 Å². The molecule has 2 heterocycles. The van der Waals surface area contributed by atoms with Gasteiger partial charge < -0.3 is 9.84 Å². The van der Waals surface area contributed by atoms with Gasteiger partial charge in [0.25, 0.3) is 0 Å². The number of ether oxygens (including phenoxy) is 1. The fourth-order valence-corrected chi connectivity index (χ4v) is 1.67.